The number of rotatable bonds is 8. The minimum Gasteiger partial charge on any atom is -0.384 e. The topological polar surface area (TPSA) is 116 Å². The van der Waals surface area contributed by atoms with Crippen LogP contribution in [0.3, 0.4) is 0 Å². The highest BCUT2D eigenvalue weighted by atomic mass is 79.9. The molecule has 34 heavy (non-hydrogen) atoms. The van der Waals surface area contributed by atoms with Crippen LogP contribution in [0.1, 0.15) is 12.0 Å². The number of benzene rings is 2. The van der Waals surface area contributed by atoms with Gasteiger partial charge in [-0.1, -0.05) is 17.7 Å². The van der Waals surface area contributed by atoms with E-state index in [1.165, 1.54) is 22.7 Å². The molecule has 5 rings (SSSR count). The summed E-state index contributed by atoms with van der Waals surface area (Å²) in [7, 11) is 1.82. The highest BCUT2D eigenvalue weighted by Gasteiger charge is 2.11. The molecular formula is C24H24BrN9. The molecule has 9 nitrogen and oxygen atoms in total. The quantitative estimate of drug-likeness (QED) is 0.212. The highest BCUT2D eigenvalue weighted by molar-refractivity contribution is 9.10. The van der Waals surface area contributed by atoms with E-state index in [4.69, 9.17) is 0 Å². The number of nitrogens with one attached hydrogen (secondary N) is 4. The smallest absolute Gasteiger partial charge is 0.222 e. The first-order chi connectivity index (χ1) is 16.6. The summed E-state index contributed by atoms with van der Waals surface area (Å²) in [6.07, 6.45) is 4.20. The molecule has 5 aromatic rings. The number of H-pyrrole nitrogens is 1. The highest BCUT2D eigenvalue weighted by Crippen LogP contribution is 2.31. The van der Waals surface area contributed by atoms with E-state index in [2.05, 4.69) is 99.3 Å². The Morgan fingerprint density at radius 2 is 1.88 bits per heavy atom. The fraction of sp³-hybridized carbons (Fsp3) is 0.208. The normalized spacial score (nSPS) is 11.1. The summed E-state index contributed by atoms with van der Waals surface area (Å²) in [5.74, 6) is 1.36. The van der Waals surface area contributed by atoms with Crippen LogP contribution < -0.4 is 16.0 Å². The summed E-state index contributed by atoms with van der Waals surface area (Å²) in [5, 5.41) is 20.3. The van der Waals surface area contributed by atoms with Gasteiger partial charge in [-0.05, 0) is 58.9 Å². The maximum atomic E-state index is 4.61. The van der Waals surface area contributed by atoms with Crippen LogP contribution >= 0.6 is 15.9 Å². The van der Waals surface area contributed by atoms with Gasteiger partial charge in [0.1, 0.15) is 16.7 Å². The van der Waals surface area contributed by atoms with Crippen LogP contribution in [0.2, 0.25) is 0 Å². The molecule has 0 amide bonds. The van der Waals surface area contributed by atoms with Crippen molar-refractivity contribution < 1.29 is 0 Å². The van der Waals surface area contributed by atoms with E-state index in [1.807, 2.05) is 13.1 Å². The van der Waals surface area contributed by atoms with Crippen molar-refractivity contribution in [2.45, 2.75) is 13.3 Å². The van der Waals surface area contributed by atoms with E-state index < -0.39 is 0 Å². The van der Waals surface area contributed by atoms with Gasteiger partial charge in [-0.3, -0.25) is 5.10 Å². The minimum atomic E-state index is 0.602. The Morgan fingerprint density at radius 3 is 2.76 bits per heavy atom. The molecule has 0 saturated heterocycles. The Morgan fingerprint density at radius 1 is 1.00 bits per heavy atom. The molecule has 4 N–H and O–H groups in total. The number of aryl methyl sites for hydroxylation is 1. The predicted octanol–water partition coefficient (Wildman–Crippen LogP) is 4.99. The number of nitrogens with zero attached hydrogens (tertiary/aromatic N) is 5. The number of aromatic amines is 1. The average molecular weight is 518 g/mol. The van der Waals surface area contributed by atoms with E-state index in [0.717, 1.165) is 47.7 Å². The maximum absolute atomic E-state index is 4.61. The van der Waals surface area contributed by atoms with Crippen molar-refractivity contribution in [2.24, 2.45) is 0 Å². The molecule has 0 unspecified atom stereocenters. The van der Waals surface area contributed by atoms with E-state index >= 15 is 0 Å². The molecule has 0 radical (unpaired) electrons. The van der Waals surface area contributed by atoms with Gasteiger partial charge in [-0.25, -0.2) is 19.9 Å². The maximum Gasteiger partial charge on any atom is 0.222 e. The molecule has 0 spiro atoms. The molecule has 3 heterocycles. The number of hydrogen-bond donors (Lipinski definition) is 4. The van der Waals surface area contributed by atoms with Crippen molar-refractivity contribution in [3.63, 3.8) is 0 Å². The number of fused-ring (bicyclic) bond motifs is 2. The second-order valence-corrected chi connectivity index (χ2v) is 8.68. The third-order valence-corrected chi connectivity index (χ3v) is 6.13. The number of halogens is 1. The van der Waals surface area contributed by atoms with E-state index in [-0.39, 0.29) is 0 Å². The van der Waals surface area contributed by atoms with Gasteiger partial charge in [0, 0.05) is 43.0 Å². The Balaban J connectivity index is 1.33. The van der Waals surface area contributed by atoms with Crippen molar-refractivity contribution in [1.29, 1.82) is 0 Å². The van der Waals surface area contributed by atoms with Gasteiger partial charge in [0.25, 0.3) is 0 Å². The van der Waals surface area contributed by atoms with Crippen molar-refractivity contribution >= 4 is 55.2 Å². The van der Waals surface area contributed by atoms with Crippen LogP contribution in [0.25, 0.3) is 33.1 Å². The average Bonchev–Trinajstić information content (AvgIpc) is 3.25. The van der Waals surface area contributed by atoms with E-state index in [1.54, 1.807) is 6.20 Å². The Bertz CT molecular complexity index is 1460. The summed E-state index contributed by atoms with van der Waals surface area (Å²) in [4.78, 5) is 17.4. The zero-order chi connectivity index (χ0) is 23.5. The number of anilines is 3. The molecular weight excluding hydrogens is 494 g/mol. The lowest BCUT2D eigenvalue weighted by Crippen LogP contribution is -2.10. The summed E-state index contributed by atoms with van der Waals surface area (Å²) >= 11 is 3.45. The lowest BCUT2D eigenvalue weighted by Gasteiger charge is -2.14. The summed E-state index contributed by atoms with van der Waals surface area (Å²) in [6, 6.07) is 12.8. The number of aromatic nitrogens is 6. The molecule has 172 valence electrons. The molecule has 0 atom stereocenters. The molecule has 2 aromatic carbocycles. The van der Waals surface area contributed by atoms with Crippen LogP contribution in [0.5, 0.6) is 0 Å². The van der Waals surface area contributed by atoms with Crippen LogP contribution in [-0.4, -0.2) is 50.3 Å². The molecule has 0 bridgehead atoms. The van der Waals surface area contributed by atoms with Gasteiger partial charge in [-0.2, -0.15) is 5.10 Å². The first-order valence-corrected chi connectivity index (χ1v) is 11.8. The molecule has 10 heteroatoms. The van der Waals surface area contributed by atoms with Crippen molar-refractivity contribution in [3.8, 4) is 11.3 Å². The molecule has 0 fully saturated rings. The van der Waals surface area contributed by atoms with Gasteiger partial charge in [0.15, 0.2) is 5.65 Å². The first kappa shape index (κ1) is 22.0. The zero-order valence-corrected chi connectivity index (χ0v) is 20.4. The molecule has 3 aromatic heterocycles. The summed E-state index contributed by atoms with van der Waals surface area (Å²) in [5.41, 5.74) is 4.94. The van der Waals surface area contributed by atoms with E-state index in [9.17, 15) is 0 Å². The van der Waals surface area contributed by atoms with Crippen LogP contribution in [0, 0.1) is 6.92 Å². The molecule has 0 aliphatic rings. The van der Waals surface area contributed by atoms with Gasteiger partial charge < -0.3 is 16.0 Å². The van der Waals surface area contributed by atoms with Crippen LogP contribution in [-0.2, 0) is 0 Å². The van der Waals surface area contributed by atoms with Gasteiger partial charge in [-0.15, -0.1) is 0 Å². The minimum absolute atomic E-state index is 0.602. The Kier molecular flexibility index (Phi) is 6.22. The number of hydrogen-bond acceptors (Lipinski definition) is 8. The lowest BCUT2D eigenvalue weighted by molar-refractivity contribution is 0.905. The third-order valence-electron chi connectivity index (χ3n) is 5.56. The molecule has 0 saturated carbocycles. The van der Waals surface area contributed by atoms with Crippen molar-refractivity contribution in [3.05, 3.63) is 59.1 Å². The van der Waals surface area contributed by atoms with Crippen molar-refractivity contribution in [1.82, 2.24) is 30.1 Å². The van der Waals surface area contributed by atoms with Crippen molar-refractivity contribution in [2.75, 3.05) is 36.1 Å². The van der Waals surface area contributed by atoms with Gasteiger partial charge in [0.2, 0.25) is 5.95 Å². The lowest BCUT2D eigenvalue weighted by atomic mass is 10.0. The second kappa shape index (κ2) is 9.60. The SMILES string of the molecule is CNc1nccc(-c2cc(NCCCNc3ncnc4[nH]nc(Br)c34)c3cc(C)ccc3c2)n1. The Labute approximate surface area is 205 Å². The van der Waals surface area contributed by atoms with Crippen LogP contribution in [0.4, 0.5) is 17.5 Å². The Hall–Kier alpha value is -3.79. The predicted molar refractivity (Wildman–Crippen MR) is 140 cm³/mol. The molecule has 0 aliphatic heterocycles. The zero-order valence-electron chi connectivity index (χ0n) is 18.9. The standard InChI is InChI=1S/C24H24BrN9/c1-14-4-5-15-11-16(18-6-9-29-24(26-2)32-18)12-19(17(15)10-14)27-7-3-8-28-22-20-21(25)33-34-23(20)31-13-30-22/h4-6,9-13,27H,3,7-8H2,1-2H3,(H,26,29,32)(H2,28,30,31,33,34). The van der Waals surface area contributed by atoms with E-state index in [0.29, 0.717) is 16.2 Å². The summed E-state index contributed by atoms with van der Waals surface area (Å²) in [6.45, 7) is 3.66. The fourth-order valence-electron chi connectivity index (χ4n) is 3.88. The van der Waals surface area contributed by atoms with Gasteiger partial charge in [0.05, 0.1) is 11.1 Å². The largest absolute Gasteiger partial charge is 0.384 e. The fourth-order valence-corrected chi connectivity index (χ4v) is 4.35. The summed E-state index contributed by atoms with van der Waals surface area (Å²) < 4.78 is 0.702. The monoisotopic (exact) mass is 517 g/mol. The van der Waals surface area contributed by atoms with Crippen LogP contribution in [0.15, 0.2) is 53.5 Å². The third kappa shape index (κ3) is 4.49. The van der Waals surface area contributed by atoms with Gasteiger partial charge >= 0.3 is 0 Å². The first-order valence-electron chi connectivity index (χ1n) is 11.0. The second-order valence-electron chi connectivity index (χ2n) is 7.93. The molecule has 0 aliphatic carbocycles.